The number of rotatable bonds is 6. The number of aryl methyl sites for hydroxylation is 1. The average molecular weight is 361 g/mol. The lowest BCUT2D eigenvalue weighted by Gasteiger charge is -2.22. The van der Waals surface area contributed by atoms with Crippen LogP contribution in [0.3, 0.4) is 0 Å². The zero-order valence-corrected chi connectivity index (χ0v) is 15.3. The molecule has 0 atom stereocenters. The molecule has 25 heavy (non-hydrogen) atoms. The number of benzene rings is 2. The van der Waals surface area contributed by atoms with Gasteiger partial charge in [0, 0.05) is 19.4 Å². The lowest BCUT2D eigenvalue weighted by atomic mass is 10.0. The standard InChI is InChI=1S/C19H23NO4S/c1-3-24-18-9-8-17(10-14(18)2)25(22,23)20-13-19(21)11-15-6-4-5-7-16(15)12-19/h4-10,20-21H,3,11-13H2,1-2H3. The molecule has 3 rings (SSSR count). The van der Waals surface area contributed by atoms with Crippen LogP contribution in [0.4, 0.5) is 0 Å². The summed E-state index contributed by atoms with van der Waals surface area (Å²) in [5, 5.41) is 10.7. The molecule has 1 aliphatic carbocycles. The van der Waals surface area contributed by atoms with Gasteiger partial charge in [0.2, 0.25) is 10.0 Å². The maximum Gasteiger partial charge on any atom is 0.240 e. The van der Waals surface area contributed by atoms with Crippen LogP contribution in [0, 0.1) is 6.92 Å². The first-order valence-corrected chi connectivity index (χ1v) is 9.83. The van der Waals surface area contributed by atoms with E-state index in [0.717, 1.165) is 16.7 Å². The number of nitrogens with one attached hydrogen (secondary N) is 1. The van der Waals surface area contributed by atoms with E-state index in [1.165, 1.54) is 6.07 Å². The molecule has 2 N–H and O–H groups in total. The van der Waals surface area contributed by atoms with Gasteiger partial charge >= 0.3 is 0 Å². The van der Waals surface area contributed by atoms with Gasteiger partial charge in [-0.25, -0.2) is 13.1 Å². The molecule has 5 nitrogen and oxygen atoms in total. The molecule has 0 aromatic heterocycles. The molecule has 0 saturated heterocycles. The summed E-state index contributed by atoms with van der Waals surface area (Å²) in [5.41, 5.74) is 1.82. The van der Waals surface area contributed by atoms with Crippen molar-refractivity contribution in [2.24, 2.45) is 0 Å². The molecular weight excluding hydrogens is 338 g/mol. The number of aliphatic hydroxyl groups is 1. The number of ether oxygens (including phenoxy) is 1. The summed E-state index contributed by atoms with van der Waals surface area (Å²) in [5.74, 6) is 0.673. The van der Waals surface area contributed by atoms with Crippen molar-refractivity contribution in [1.29, 1.82) is 0 Å². The summed E-state index contributed by atoms with van der Waals surface area (Å²) >= 11 is 0. The molecular formula is C19H23NO4S. The summed E-state index contributed by atoms with van der Waals surface area (Å²) in [4.78, 5) is 0.174. The van der Waals surface area contributed by atoms with Crippen LogP contribution in [-0.2, 0) is 22.9 Å². The van der Waals surface area contributed by atoms with Gasteiger partial charge in [-0.05, 0) is 48.7 Å². The molecule has 0 spiro atoms. The largest absolute Gasteiger partial charge is 0.494 e. The molecule has 0 heterocycles. The summed E-state index contributed by atoms with van der Waals surface area (Å²) in [6.45, 7) is 4.20. The predicted octanol–water partition coefficient (Wildman–Crippen LogP) is 2.20. The molecule has 0 fully saturated rings. The molecule has 0 unspecified atom stereocenters. The molecule has 1 aliphatic rings. The van der Waals surface area contributed by atoms with E-state index in [-0.39, 0.29) is 11.4 Å². The quantitative estimate of drug-likeness (QED) is 0.827. The van der Waals surface area contributed by atoms with Crippen LogP contribution in [0.25, 0.3) is 0 Å². The monoisotopic (exact) mass is 361 g/mol. The molecule has 0 radical (unpaired) electrons. The van der Waals surface area contributed by atoms with Crippen LogP contribution < -0.4 is 9.46 Å². The minimum Gasteiger partial charge on any atom is -0.494 e. The molecule has 2 aromatic rings. The van der Waals surface area contributed by atoms with E-state index in [4.69, 9.17) is 4.74 Å². The van der Waals surface area contributed by atoms with E-state index < -0.39 is 15.6 Å². The second-order valence-corrected chi connectivity index (χ2v) is 8.30. The van der Waals surface area contributed by atoms with Gasteiger partial charge in [0.1, 0.15) is 5.75 Å². The maximum atomic E-state index is 12.6. The Morgan fingerprint density at radius 1 is 1.16 bits per heavy atom. The smallest absolute Gasteiger partial charge is 0.240 e. The van der Waals surface area contributed by atoms with Crippen LogP contribution in [0.5, 0.6) is 5.75 Å². The maximum absolute atomic E-state index is 12.6. The highest BCUT2D eigenvalue weighted by molar-refractivity contribution is 7.89. The van der Waals surface area contributed by atoms with Crippen molar-refractivity contribution in [2.45, 2.75) is 37.2 Å². The van der Waals surface area contributed by atoms with E-state index >= 15 is 0 Å². The van der Waals surface area contributed by atoms with E-state index in [1.807, 2.05) is 38.1 Å². The Morgan fingerprint density at radius 2 is 1.80 bits per heavy atom. The zero-order chi connectivity index (χ0) is 18.1. The van der Waals surface area contributed by atoms with Gasteiger partial charge in [-0.15, -0.1) is 0 Å². The van der Waals surface area contributed by atoms with Crippen molar-refractivity contribution in [3.05, 3.63) is 59.2 Å². The van der Waals surface area contributed by atoms with E-state index in [2.05, 4.69) is 4.72 Å². The van der Waals surface area contributed by atoms with E-state index in [9.17, 15) is 13.5 Å². The van der Waals surface area contributed by atoms with Crippen LogP contribution in [0.2, 0.25) is 0 Å². The normalized spacial score (nSPS) is 15.8. The van der Waals surface area contributed by atoms with Crippen molar-refractivity contribution >= 4 is 10.0 Å². The third-order valence-electron chi connectivity index (χ3n) is 4.51. The van der Waals surface area contributed by atoms with Crippen LogP contribution in [-0.4, -0.2) is 32.3 Å². The van der Waals surface area contributed by atoms with Crippen LogP contribution >= 0.6 is 0 Å². The first kappa shape index (κ1) is 17.9. The SMILES string of the molecule is CCOc1ccc(S(=O)(=O)NCC2(O)Cc3ccccc3C2)cc1C. The molecule has 0 amide bonds. The van der Waals surface area contributed by atoms with Crippen molar-refractivity contribution in [3.8, 4) is 5.75 Å². The molecule has 6 heteroatoms. The Hall–Kier alpha value is -1.89. The topological polar surface area (TPSA) is 75.6 Å². The highest BCUT2D eigenvalue weighted by Crippen LogP contribution is 2.30. The van der Waals surface area contributed by atoms with Crippen molar-refractivity contribution in [1.82, 2.24) is 4.72 Å². The Balaban J connectivity index is 1.71. The molecule has 134 valence electrons. The van der Waals surface area contributed by atoms with Gasteiger partial charge in [-0.1, -0.05) is 24.3 Å². The van der Waals surface area contributed by atoms with Gasteiger partial charge in [-0.2, -0.15) is 0 Å². The molecule has 0 bridgehead atoms. The number of fused-ring (bicyclic) bond motifs is 1. The highest BCUT2D eigenvalue weighted by atomic mass is 32.2. The first-order valence-electron chi connectivity index (χ1n) is 8.35. The Kier molecular flexibility index (Phi) is 4.86. The fraction of sp³-hybridized carbons (Fsp3) is 0.368. The Labute approximate surface area is 148 Å². The lowest BCUT2D eigenvalue weighted by molar-refractivity contribution is 0.0567. The van der Waals surface area contributed by atoms with E-state index in [0.29, 0.717) is 25.2 Å². The third kappa shape index (κ3) is 3.86. The first-order chi connectivity index (χ1) is 11.8. The minimum atomic E-state index is -3.69. The van der Waals surface area contributed by atoms with Gasteiger partial charge in [-0.3, -0.25) is 0 Å². The highest BCUT2D eigenvalue weighted by Gasteiger charge is 2.36. The fourth-order valence-corrected chi connectivity index (χ4v) is 4.42. The van der Waals surface area contributed by atoms with Gasteiger partial charge in [0.05, 0.1) is 17.1 Å². The summed E-state index contributed by atoms with van der Waals surface area (Å²) < 4.78 is 33.1. The zero-order valence-electron chi connectivity index (χ0n) is 14.5. The predicted molar refractivity (Wildman–Crippen MR) is 96.3 cm³/mol. The second-order valence-electron chi connectivity index (χ2n) is 6.53. The summed E-state index contributed by atoms with van der Waals surface area (Å²) in [6.07, 6.45) is 0.905. The second kappa shape index (κ2) is 6.78. The van der Waals surface area contributed by atoms with Crippen molar-refractivity contribution in [2.75, 3.05) is 13.2 Å². The van der Waals surface area contributed by atoms with E-state index in [1.54, 1.807) is 12.1 Å². The Morgan fingerprint density at radius 3 is 2.36 bits per heavy atom. The fourth-order valence-electron chi connectivity index (χ4n) is 3.22. The molecule has 0 aliphatic heterocycles. The number of hydrogen-bond acceptors (Lipinski definition) is 4. The van der Waals surface area contributed by atoms with Crippen molar-refractivity contribution < 1.29 is 18.3 Å². The van der Waals surface area contributed by atoms with Gasteiger partial charge < -0.3 is 9.84 Å². The molecule has 2 aromatic carbocycles. The van der Waals surface area contributed by atoms with Crippen molar-refractivity contribution in [3.63, 3.8) is 0 Å². The Bertz CT molecular complexity index is 852. The minimum absolute atomic E-state index is 0.0176. The average Bonchev–Trinajstić information content (AvgIpc) is 2.92. The van der Waals surface area contributed by atoms with Crippen LogP contribution in [0.1, 0.15) is 23.6 Å². The lowest BCUT2D eigenvalue weighted by Crippen LogP contribution is -2.43. The third-order valence-corrected chi connectivity index (χ3v) is 5.90. The molecule has 0 saturated carbocycles. The van der Waals surface area contributed by atoms with Gasteiger partial charge in [0.25, 0.3) is 0 Å². The summed E-state index contributed by atoms with van der Waals surface area (Å²) in [6, 6.07) is 12.6. The van der Waals surface area contributed by atoms with Gasteiger partial charge in [0.15, 0.2) is 0 Å². The number of sulfonamides is 1. The summed E-state index contributed by atoms with van der Waals surface area (Å²) in [7, 11) is -3.69. The van der Waals surface area contributed by atoms with Crippen LogP contribution in [0.15, 0.2) is 47.4 Å². The number of hydrogen-bond donors (Lipinski definition) is 2.